The number of aryl methyl sites for hydroxylation is 2. The molecule has 0 bridgehead atoms. The average molecular weight is 411 g/mol. The molecule has 6 heteroatoms. The molecule has 160 valence electrons. The normalized spacial score (nSPS) is 16.4. The van der Waals surface area contributed by atoms with Crippen LogP contribution in [0.4, 0.5) is 4.79 Å². The number of carboxylic acids is 1. The predicted molar refractivity (Wildman–Crippen MR) is 114 cm³/mol. The lowest BCUT2D eigenvalue weighted by Crippen LogP contribution is -2.38. The summed E-state index contributed by atoms with van der Waals surface area (Å²) in [6, 6.07) is 13.2. The second kappa shape index (κ2) is 8.78. The molecule has 1 saturated heterocycles. The first kappa shape index (κ1) is 21.7. The Morgan fingerprint density at radius 2 is 1.77 bits per heavy atom. The van der Waals surface area contributed by atoms with E-state index in [1.54, 1.807) is 30.9 Å². The van der Waals surface area contributed by atoms with Crippen molar-refractivity contribution in [3.63, 3.8) is 0 Å². The molecular formula is C24H29NO5. The maximum absolute atomic E-state index is 12.4. The molecular weight excluding hydrogens is 382 g/mol. The largest absolute Gasteiger partial charge is 0.478 e. The molecule has 0 aliphatic carbocycles. The zero-order valence-electron chi connectivity index (χ0n) is 18.0. The second-order valence-electron chi connectivity index (χ2n) is 8.46. The molecule has 0 aromatic heterocycles. The molecule has 30 heavy (non-hydrogen) atoms. The van der Waals surface area contributed by atoms with Crippen molar-refractivity contribution in [1.82, 2.24) is 4.90 Å². The lowest BCUT2D eigenvalue weighted by molar-refractivity contribution is -0.152. The molecule has 1 aliphatic rings. The van der Waals surface area contributed by atoms with Crippen molar-refractivity contribution in [2.75, 3.05) is 13.1 Å². The lowest BCUT2D eigenvalue weighted by atomic mass is 9.95. The molecule has 2 aromatic rings. The Hall–Kier alpha value is -3.02. The molecule has 1 amide bonds. The highest BCUT2D eigenvalue weighted by Gasteiger charge is 2.31. The first-order chi connectivity index (χ1) is 14.2. The van der Waals surface area contributed by atoms with Crippen molar-refractivity contribution < 1.29 is 24.2 Å². The molecule has 1 atom stereocenters. The van der Waals surface area contributed by atoms with Crippen LogP contribution in [0.15, 0.2) is 42.5 Å². The van der Waals surface area contributed by atoms with Crippen LogP contribution in [0.3, 0.4) is 0 Å². The number of amides is 1. The first-order valence-electron chi connectivity index (χ1n) is 10.2. The number of benzene rings is 2. The highest BCUT2D eigenvalue weighted by molar-refractivity contribution is 5.77. The van der Waals surface area contributed by atoms with E-state index in [2.05, 4.69) is 0 Å². The summed E-state index contributed by atoms with van der Waals surface area (Å²) in [5.41, 5.74) is 1.70. The number of rotatable bonds is 6. The fourth-order valence-electron chi connectivity index (χ4n) is 3.77. The van der Waals surface area contributed by atoms with Crippen LogP contribution in [-0.2, 0) is 11.2 Å². The lowest BCUT2D eigenvalue weighted by Gasteiger charge is -2.25. The van der Waals surface area contributed by atoms with Gasteiger partial charge in [-0.15, -0.1) is 0 Å². The van der Waals surface area contributed by atoms with Crippen LogP contribution >= 0.6 is 0 Å². The van der Waals surface area contributed by atoms with Crippen LogP contribution in [0.5, 0.6) is 11.5 Å². The fourth-order valence-corrected chi connectivity index (χ4v) is 3.77. The third kappa shape index (κ3) is 5.12. The summed E-state index contributed by atoms with van der Waals surface area (Å²) >= 11 is 0. The highest BCUT2D eigenvalue weighted by atomic mass is 16.6. The van der Waals surface area contributed by atoms with Crippen LogP contribution in [0.1, 0.15) is 37.0 Å². The number of hydrogen-bond acceptors (Lipinski definition) is 4. The number of carboxylic acid groups (broad SMARTS) is 1. The van der Waals surface area contributed by atoms with Crippen molar-refractivity contribution in [3.8, 4) is 11.5 Å². The molecule has 1 heterocycles. The summed E-state index contributed by atoms with van der Waals surface area (Å²) in [7, 11) is 0. The summed E-state index contributed by atoms with van der Waals surface area (Å²) < 4.78 is 11.2. The van der Waals surface area contributed by atoms with Crippen LogP contribution in [-0.4, -0.2) is 40.8 Å². The minimum absolute atomic E-state index is 0.310. The Morgan fingerprint density at radius 3 is 2.37 bits per heavy atom. The second-order valence-corrected chi connectivity index (χ2v) is 8.46. The van der Waals surface area contributed by atoms with E-state index >= 15 is 0 Å². The van der Waals surface area contributed by atoms with E-state index in [0.29, 0.717) is 30.5 Å². The Kier molecular flexibility index (Phi) is 6.34. The van der Waals surface area contributed by atoms with E-state index in [-0.39, 0.29) is 6.09 Å². The number of carbonyl (C=O) groups is 2. The Balaban J connectivity index is 1.62. The number of aliphatic carboxylic acids is 1. The third-order valence-corrected chi connectivity index (χ3v) is 5.41. The summed E-state index contributed by atoms with van der Waals surface area (Å²) in [5.74, 6) is 0.524. The van der Waals surface area contributed by atoms with Gasteiger partial charge in [0, 0.05) is 13.1 Å². The van der Waals surface area contributed by atoms with E-state index in [0.717, 1.165) is 29.5 Å². The first-order valence-corrected chi connectivity index (χ1v) is 10.2. The van der Waals surface area contributed by atoms with Crippen LogP contribution in [0.2, 0.25) is 0 Å². The van der Waals surface area contributed by atoms with Crippen molar-refractivity contribution >= 4 is 12.1 Å². The van der Waals surface area contributed by atoms with Gasteiger partial charge in [-0.25, -0.2) is 9.59 Å². The minimum Gasteiger partial charge on any atom is -0.478 e. The number of nitrogens with zero attached hydrogens (tertiary/aromatic N) is 1. The molecule has 2 aromatic carbocycles. The average Bonchev–Trinajstić information content (AvgIpc) is 3.14. The molecule has 0 radical (unpaired) electrons. The molecule has 0 spiro atoms. The molecule has 1 aliphatic heterocycles. The van der Waals surface area contributed by atoms with E-state index in [9.17, 15) is 14.7 Å². The Bertz CT molecular complexity index is 899. The zero-order chi connectivity index (χ0) is 21.9. The van der Waals surface area contributed by atoms with E-state index in [1.165, 1.54) is 0 Å². The number of para-hydroxylation sites is 1. The van der Waals surface area contributed by atoms with Gasteiger partial charge in [0.1, 0.15) is 11.5 Å². The zero-order valence-corrected chi connectivity index (χ0v) is 18.0. The highest BCUT2D eigenvalue weighted by Crippen LogP contribution is 2.31. The summed E-state index contributed by atoms with van der Waals surface area (Å²) in [6.45, 7) is 8.30. The van der Waals surface area contributed by atoms with Gasteiger partial charge in [0.15, 0.2) is 5.60 Å². The predicted octanol–water partition coefficient (Wildman–Crippen LogP) is 4.61. The summed E-state index contributed by atoms with van der Waals surface area (Å²) in [5, 5.41) is 9.32. The van der Waals surface area contributed by atoms with Gasteiger partial charge >= 0.3 is 12.1 Å². The SMILES string of the molecule is Cc1cc(CC2CCN(C(=O)Oc3ccccc3)C2)cc(C)c1OC(C)(C)C(=O)O. The minimum atomic E-state index is -1.29. The monoisotopic (exact) mass is 411 g/mol. The molecule has 0 saturated carbocycles. The van der Waals surface area contributed by atoms with E-state index < -0.39 is 11.6 Å². The van der Waals surface area contributed by atoms with Crippen LogP contribution in [0.25, 0.3) is 0 Å². The molecule has 1 N–H and O–H groups in total. The summed E-state index contributed by atoms with van der Waals surface area (Å²) in [6.07, 6.45) is 1.46. The van der Waals surface area contributed by atoms with Gasteiger partial charge in [0.2, 0.25) is 0 Å². The van der Waals surface area contributed by atoms with Gasteiger partial charge in [-0.1, -0.05) is 30.3 Å². The Labute approximate surface area is 177 Å². The number of carbonyl (C=O) groups excluding carboxylic acids is 1. The van der Waals surface area contributed by atoms with Gasteiger partial charge < -0.3 is 19.5 Å². The van der Waals surface area contributed by atoms with Crippen LogP contribution < -0.4 is 9.47 Å². The van der Waals surface area contributed by atoms with Gasteiger partial charge in [-0.05, 0) is 75.3 Å². The standard InChI is InChI=1S/C24H29NO5/c1-16-12-19(13-17(2)21(16)30-24(3,4)22(26)27)14-18-10-11-25(15-18)23(28)29-20-8-6-5-7-9-20/h5-9,12-13,18H,10-11,14-15H2,1-4H3,(H,26,27). The van der Waals surface area contributed by atoms with Gasteiger partial charge in [-0.2, -0.15) is 0 Å². The molecule has 6 nitrogen and oxygen atoms in total. The summed E-state index contributed by atoms with van der Waals surface area (Å²) in [4.78, 5) is 25.5. The maximum Gasteiger partial charge on any atom is 0.415 e. The molecule has 1 fully saturated rings. The van der Waals surface area contributed by atoms with Crippen LogP contribution in [0, 0.1) is 19.8 Å². The molecule has 1 unspecified atom stereocenters. The van der Waals surface area contributed by atoms with Gasteiger partial charge in [-0.3, -0.25) is 0 Å². The molecule has 3 rings (SSSR count). The number of ether oxygens (including phenoxy) is 2. The number of hydrogen-bond donors (Lipinski definition) is 1. The van der Waals surface area contributed by atoms with Crippen molar-refractivity contribution in [1.29, 1.82) is 0 Å². The fraction of sp³-hybridized carbons (Fsp3) is 0.417. The van der Waals surface area contributed by atoms with Crippen molar-refractivity contribution in [3.05, 3.63) is 59.2 Å². The van der Waals surface area contributed by atoms with E-state index in [1.807, 2.05) is 44.2 Å². The van der Waals surface area contributed by atoms with E-state index in [4.69, 9.17) is 9.47 Å². The maximum atomic E-state index is 12.4. The Morgan fingerprint density at radius 1 is 1.13 bits per heavy atom. The van der Waals surface area contributed by atoms with Gasteiger partial charge in [0.25, 0.3) is 0 Å². The van der Waals surface area contributed by atoms with Gasteiger partial charge in [0.05, 0.1) is 0 Å². The van der Waals surface area contributed by atoms with Crippen molar-refractivity contribution in [2.24, 2.45) is 5.92 Å². The number of likely N-dealkylation sites (tertiary alicyclic amines) is 1. The quantitative estimate of drug-likeness (QED) is 0.751. The topological polar surface area (TPSA) is 76.1 Å². The smallest absolute Gasteiger partial charge is 0.415 e. The third-order valence-electron chi connectivity index (χ3n) is 5.41. The van der Waals surface area contributed by atoms with Crippen molar-refractivity contribution in [2.45, 2.75) is 46.1 Å².